The van der Waals surface area contributed by atoms with Gasteiger partial charge < -0.3 is 15.3 Å². The van der Waals surface area contributed by atoms with E-state index in [0.29, 0.717) is 0 Å². The largest absolute Gasteiger partial charge is 0.391 e. The number of anilines is 2. The molecule has 0 radical (unpaired) electrons. The van der Waals surface area contributed by atoms with E-state index in [-0.39, 0.29) is 12.1 Å². The summed E-state index contributed by atoms with van der Waals surface area (Å²) in [5, 5.41) is 13.5. The maximum absolute atomic E-state index is 9.98. The second-order valence-corrected chi connectivity index (χ2v) is 5.01. The van der Waals surface area contributed by atoms with E-state index in [4.69, 9.17) is 0 Å². The molecule has 1 fully saturated rings. The summed E-state index contributed by atoms with van der Waals surface area (Å²) in [5.41, 5.74) is 2.29. The van der Waals surface area contributed by atoms with Crippen molar-refractivity contribution in [2.24, 2.45) is 0 Å². The van der Waals surface area contributed by atoms with Crippen molar-refractivity contribution in [3.63, 3.8) is 0 Å². The first-order valence-electron chi connectivity index (χ1n) is 6.39. The summed E-state index contributed by atoms with van der Waals surface area (Å²) in [6.07, 6.45) is 4.12. The van der Waals surface area contributed by atoms with Crippen LogP contribution < -0.4 is 10.2 Å². The first-order chi connectivity index (χ1) is 8.18. The predicted molar refractivity (Wildman–Crippen MR) is 72.7 cm³/mol. The Bertz CT molecular complexity index is 365. The molecule has 17 heavy (non-hydrogen) atoms. The van der Waals surface area contributed by atoms with Gasteiger partial charge in [0, 0.05) is 14.1 Å². The standard InChI is InChI=1S/C14H22N2O/c1-16(2)13-9-5-3-7-11(13)15-12-8-4-6-10-14(12)17/h3,5,7,9,12,14-15,17H,4,6,8,10H2,1-2H3/t12-,14-/m0/s1. The van der Waals surface area contributed by atoms with Crippen LogP contribution >= 0.6 is 0 Å². The van der Waals surface area contributed by atoms with Gasteiger partial charge >= 0.3 is 0 Å². The lowest BCUT2D eigenvalue weighted by atomic mass is 9.92. The monoisotopic (exact) mass is 234 g/mol. The topological polar surface area (TPSA) is 35.5 Å². The fraction of sp³-hybridized carbons (Fsp3) is 0.571. The molecule has 0 saturated heterocycles. The third-order valence-corrected chi connectivity index (χ3v) is 3.46. The number of nitrogens with zero attached hydrogens (tertiary/aromatic N) is 1. The second kappa shape index (κ2) is 5.41. The van der Waals surface area contributed by atoms with Crippen LogP contribution in [0, 0.1) is 0 Å². The molecule has 3 heteroatoms. The molecular weight excluding hydrogens is 212 g/mol. The van der Waals surface area contributed by atoms with Gasteiger partial charge in [-0.1, -0.05) is 25.0 Å². The van der Waals surface area contributed by atoms with Crippen molar-refractivity contribution in [3.8, 4) is 0 Å². The van der Waals surface area contributed by atoms with E-state index in [9.17, 15) is 5.11 Å². The number of benzene rings is 1. The van der Waals surface area contributed by atoms with E-state index in [1.807, 2.05) is 26.2 Å². The van der Waals surface area contributed by atoms with Crippen molar-refractivity contribution >= 4 is 11.4 Å². The van der Waals surface area contributed by atoms with Gasteiger partial charge in [0.05, 0.1) is 23.5 Å². The van der Waals surface area contributed by atoms with Gasteiger partial charge in [-0.15, -0.1) is 0 Å². The Morgan fingerprint density at radius 1 is 1.18 bits per heavy atom. The number of hydrogen-bond acceptors (Lipinski definition) is 3. The van der Waals surface area contributed by atoms with Crippen molar-refractivity contribution in [3.05, 3.63) is 24.3 Å². The highest BCUT2D eigenvalue weighted by Gasteiger charge is 2.23. The molecule has 2 N–H and O–H groups in total. The minimum atomic E-state index is -0.209. The molecule has 0 amide bonds. The first-order valence-corrected chi connectivity index (χ1v) is 6.39. The van der Waals surface area contributed by atoms with E-state index < -0.39 is 0 Å². The fourth-order valence-electron chi connectivity index (χ4n) is 2.47. The summed E-state index contributed by atoms with van der Waals surface area (Å²) in [5.74, 6) is 0. The third kappa shape index (κ3) is 2.91. The van der Waals surface area contributed by atoms with Gasteiger partial charge in [-0.3, -0.25) is 0 Å². The normalized spacial score (nSPS) is 24.4. The molecule has 1 aromatic rings. The van der Waals surface area contributed by atoms with Crippen molar-refractivity contribution in [1.82, 2.24) is 0 Å². The zero-order valence-electron chi connectivity index (χ0n) is 10.7. The van der Waals surface area contributed by atoms with Gasteiger partial charge in [0.1, 0.15) is 0 Å². The number of aliphatic hydroxyl groups excluding tert-OH is 1. The molecule has 0 heterocycles. The van der Waals surface area contributed by atoms with Crippen molar-refractivity contribution < 1.29 is 5.11 Å². The molecular formula is C14H22N2O. The number of hydrogen-bond donors (Lipinski definition) is 2. The zero-order chi connectivity index (χ0) is 12.3. The predicted octanol–water partition coefficient (Wildman–Crippen LogP) is 2.47. The SMILES string of the molecule is CN(C)c1ccccc1N[C@H]1CCCC[C@@H]1O. The van der Waals surface area contributed by atoms with Crippen molar-refractivity contribution in [2.45, 2.75) is 37.8 Å². The third-order valence-electron chi connectivity index (χ3n) is 3.46. The Morgan fingerprint density at radius 3 is 2.59 bits per heavy atom. The van der Waals surface area contributed by atoms with Gasteiger partial charge in [0.15, 0.2) is 0 Å². The van der Waals surface area contributed by atoms with Crippen LogP contribution in [-0.4, -0.2) is 31.3 Å². The lowest BCUT2D eigenvalue weighted by molar-refractivity contribution is 0.116. The molecule has 1 aliphatic rings. The summed E-state index contributed by atoms with van der Waals surface area (Å²) in [6, 6.07) is 8.45. The Hall–Kier alpha value is -1.22. The molecule has 0 aromatic heterocycles. The van der Waals surface area contributed by atoms with E-state index in [0.717, 1.165) is 24.9 Å². The van der Waals surface area contributed by atoms with E-state index in [2.05, 4.69) is 22.3 Å². The summed E-state index contributed by atoms with van der Waals surface area (Å²) in [6.45, 7) is 0. The molecule has 0 unspecified atom stereocenters. The highest BCUT2D eigenvalue weighted by molar-refractivity contribution is 5.69. The Balaban J connectivity index is 2.12. The summed E-state index contributed by atoms with van der Waals surface area (Å²) >= 11 is 0. The van der Waals surface area contributed by atoms with Crippen LogP contribution in [0.2, 0.25) is 0 Å². The van der Waals surface area contributed by atoms with Gasteiger partial charge in [-0.05, 0) is 25.0 Å². The smallest absolute Gasteiger partial charge is 0.0741 e. The molecule has 94 valence electrons. The fourth-order valence-corrected chi connectivity index (χ4v) is 2.47. The number of para-hydroxylation sites is 2. The summed E-state index contributed by atoms with van der Waals surface area (Å²) < 4.78 is 0. The summed E-state index contributed by atoms with van der Waals surface area (Å²) in [7, 11) is 4.08. The second-order valence-electron chi connectivity index (χ2n) is 5.01. The minimum absolute atomic E-state index is 0.199. The number of rotatable bonds is 3. The lowest BCUT2D eigenvalue weighted by Crippen LogP contribution is -2.36. The van der Waals surface area contributed by atoms with Crippen molar-refractivity contribution in [1.29, 1.82) is 0 Å². The van der Waals surface area contributed by atoms with Crippen LogP contribution in [0.4, 0.5) is 11.4 Å². The lowest BCUT2D eigenvalue weighted by Gasteiger charge is -2.30. The van der Waals surface area contributed by atoms with Crippen LogP contribution in [-0.2, 0) is 0 Å². The van der Waals surface area contributed by atoms with Gasteiger partial charge in [-0.25, -0.2) is 0 Å². The van der Waals surface area contributed by atoms with Crippen LogP contribution in [0.15, 0.2) is 24.3 Å². The van der Waals surface area contributed by atoms with Gasteiger partial charge in [0.2, 0.25) is 0 Å². The molecule has 1 aliphatic carbocycles. The Kier molecular flexibility index (Phi) is 3.89. The van der Waals surface area contributed by atoms with Gasteiger partial charge in [0.25, 0.3) is 0 Å². The number of nitrogens with one attached hydrogen (secondary N) is 1. The van der Waals surface area contributed by atoms with E-state index in [1.165, 1.54) is 12.1 Å². The van der Waals surface area contributed by atoms with Crippen LogP contribution in [0.3, 0.4) is 0 Å². The average Bonchev–Trinajstić information content (AvgIpc) is 2.32. The first kappa shape index (κ1) is 12.2. The quantitative estimate of drug-likeness (QED) is 0.843. The van der Waals surface area contributed by atoms with Crippen molar-refractivity contribution in [2.75, 3.05) is 24.3 Å². The molecule has 2 rings (SSSR count). The molecule has 1 aromatic carbocycles. The Labute approximate surface area is 103 Å². The molecule has 0 bridgehead atoms. The minimum Gasteiger partial charge on any atom is -0.391 e. The highest BCUT2D eigenvalue weighted by atomic mass is 16.3. The van der Waals surface area contributed by atoms with Crippen LogP contribution in [0.1, 0.15) is 25.7 Å². The molecule has 0 spiro atoms. The molecule has 2 atom stereocenters. The maximum atomic E-state index is 9.98. The average molecular weight is 234 g/mol. The molecule has 3 nitrogen and oxygen atoms in total. The highest BCUT2D eigenvalue weighted by Crippen LogP contribution is 2.28. The zero-order valence-corrected chi connectivity index (χ0v) is 10.7. The van der Waals surface area contributed by atoms with E-state index >= 15 is 0 Å². The molecule has 1 saturated carbocycles. The summed E-state index contributed by atoms with van der Waals surface area (Å²) in [4.78, 5) is 2.09. The Morgan fingerprint density at radius 2 is 1.88 bits per heavy atom. The maximum Gasteiger partial charge on any atom is 0.0741 e. The number of aliphatic hydroxyl groups is 1. The van der Waals surface area contributed by atoms with E-state index in [1.54, 1.807) is 0 Å². The van der Waals surface area contributed by atoms with Gasteiger partial charge in [-0.2, -0.15) is 0 Å². The van der Waals surface area contributed by atoms with Crippen LogP contribution in [0.25, 0.3) is 0 Å². The molecule has 0 aliphatic heterocycles. The van der Waals surface area contributed by atoms with Crippen LogP contribution in [0.5, 0.6) is 0 Å².